The van der Waals surface area contributed by atoms with E-state index in [0.29, 0.717) is 5.56 Å². The molecule has 0 saturated carbocycles. The standard InChI is InChI=1S/C11H12ClN3O3/c1-2-18-11(17)9(14-15-13)10(16)7-5-3-4-6-8(7)12/h3-6,9-10,16H,2H2,1H3/t9-,10-/m0/s1. The number of hydrogen-bond donors (Lipinski definition) is 1. The Morgan fingerprint density at radius 2 is 2.28 bits per heavy atom. The largest absolute Gasteiger partial charge is 0.466 e. The lowest BCUT2D eigenvalue weighted by atomic mass is 10.0. The van der Waals surface area contributed by atoms with Gasteiger partial charge in [0.1, 0.15) is 0 Å². The third kappa shape index (κ3) is 3.37. The van der Waals surface area contributed by atoms with Crippen molar-refractivity contribution in [3.05, 3.63) is 45.3 Å². The molecule has 1 N–H and O–H groups in total. The highest BCUT2D eigenvalue weighted by Gasteiger charge is 2.29. The van der Waals surface area contributed by atoms with E-state index >= 15 is 0 Å². The van der Waals surface area contributed by atoms with Crippen molar-refractivity contribution in [1.29, 1.82) is 0 Å². The lowest BCUT2D eigenvalue weighted by Crippen LogP contribution is -2.28. The number of ether oxygens (including phenoxy) is 1. The highest BCUT2D eigenvalue weighted by molar-refractivity contribution is 6.31. The number of benzene rings is 1. The van der Waals surface area contributed by atoms with Crippen LogP contribution in [0.5, 0.6) is 0 Å². The zero-order valence-electron chi connectivity index (χ0n) is 9.65. The van der Waals surface area contributed by atoms with Crippen LogP contribution in [0, 0.1) is 0 Å². The van der Waals surface area contributed by atoms with Gasteiger partial charge in [-0.25, -0.2) is 0 Å². The summed E-state index contributed by atoms with van der Waals surface area (Å²) in [6, 6.07) is 5.11. The summed E-state index contributed by atoms with van der Waals surface area (Å²) in [5.74, 6) is -0.789. The second-order valence-electron chi connectivity index (χ2n) is 3.37. The molecule has 1 aromatic carbocycles. The fourth-order valence-electron chi connectivity index (χ4n) is 1.41. The molecule has 6 nitrogen and oxygen atoms in total. The van der Waals surface area contributed by atoms with Crippen LogP contribution in [0.15, 0.2) is 29.4 Å². The summed E-state index contributed by atoms with van der Waals surface area (Å²) >= 11 is 5.90. The van der Waals surface area contributed by atoms with Crippen LogP contribution in [0.4, 0.5) is 0 Å². The number of carbonyl (C=O) groups is 1. The second-order valence-corrected chi connectivity index (χ2v) is 3.78. The predicted octanol–water partition coefficient (Wildman–Crippen LogP) is 2.62. The van der Waals surface area contributed by atoms with Gasteiger partial charge in [-0.15, -0.1) is 0 Å². The quantitative estimate of drug-likeness (QED) is 0.385. The molecular formula is C11H12ClN3O3. The number of aliphatic hydroxyl groups excluding tert-OH is 1. The van der Waals surface area contributed by atoms with Crippen molar-refractivity contribution in [3.63, 3.8) is 0 Å². The Bertz CT molecular complexity index is 474. The highest BCUT2D eigenvalue weighted by Crippen LogP contribution is 2.27. The molecule has 0 amide bonds. The maximum absolute atomic E-state index is 11.6. The van der Waals surface area contributed by atoms with Crippen LogP contribution in [-0.2, 0) is 9.53 Å². The number of carbonyl (C=O) groups excluding carboxylic acids is 1. The summed E-state index contributed by atoms with van der Waals surface area (Å²) < 4.78 is 4.73. The van der Waals surface area contributed by atoms with E-state index in [4.69, 9.17) is 21.9 Å². The third-order valence-corrected chi connectivity index (χ3v) is 2.57. The zero-order chi connectivity index (χ0) is 13.5. The summed E-state index contributed by atoms with van der Waals surface area (Å²) in [6.45, 7) is 1.75. The van der Waals surface area contributed by atoms with Gasteiger partial charge >= 0.3 is 5.97 Å². The van der Waals surface area contributed by atoms with E-state index in [1.807, 2.05) is 0 Å². The first-order valence-electron chi connectivity index (χ1n) is 5.25. The van der Waals surface area contributed by atoms with Crippen molar-refractivity contribution in [2.75, 3.05) is 6.61 Å². The molecule has 0 aliphatic carbocycles. The van der Waals surface area contributed by atoms with Crippen molar-refractivity contribution >= 4 is 17.6 Å². The summed E-state index contributed by atoms with van der Waals surface area (Å²) in [7, 11) is 0. The van der Waals surface area contributed by atoms with E-state index in [1.165, 1.54) is 0 Å². The predicted molar refractivity (Wildman–Crippen MR) is 66.0 cm³/mol. The number of aliphatic hydroxyl groups is 1. The lowest BCUT2D eigenvalue weighted by Gasteiger charge is -2.18. The van der Waals surface area contributed by atoms with Crippen molar-refractivity contribution in [2.45, 2.75) is 19.1 Å². The van der Waals surface area contributed by atoms with Crippen molar-refractivity contribution in [3.8, 4) is 0 Å². The Hall–Kier alpha value is -1.75. The molecule has 0 aliphatic rings. The van der Waals surface area contributed by atoms with Gasteiger partial charge in [0.2, 0.25) is 0 Å². The SMILES string of the molecule is CCOC(=O)[C@@H](N=[N+]=[N-])[C@@H](O)c1ccccc1Cl. The van der Waals surface area contributed by atoms with Crippen LogP contribution in [-0.4, -0.2) is 23.7 Å². The Morgan fingerprint density at radius 3 is 2.83 bits per heavy atom. The number of hydrogen-bond acceptors (Lipinski definition) is 4. The van der Waals surface area contributed by atoms with Crippen LogP contribution in [0.25, 0.3) is 10.4 Å². The van der Waals surface area contributed by atoms with Gasteiger partial charge in [-0.2, -0.15) is 0 Å². The lowest BCUT2D eigenvalue weighted by molar-refractivity contribution is -0.147. The fourth-order valence-corrected chi connectivity index (χ4v) is 1.66. The number of azide groups is 1. The second kappa shape index (κ2) is 6.86. The van der Waals surface area contributed by atoms with E-state index in [1.54, 1.807) is 31.2 Å². The Kier molecular flexibility index (Phi) is 5.45. The van der Waals surface area contributed by atoms with Gasteiger partial charge in [0, 0.05) is 15.5 Å². The van der Waals surface area contributed by atoms with Crippen molar-refractivity contribution in [2.24, 2.45) is 5.11 Å². The third-order valence-electron chi connectivity index (χ3n) is 2.23. The normalized spacial score (nSPS) is 13.3. The molecule has 0 fully saturated rings. The van der Waals surface area contributed by atoms with E-state index in [2.05, 4.69) is 10.0 Å². The van der Waals surface area contributed by atoms with Crippen LogP contribution in [0.3, 0.4) is 0 Å². The minimum Gasteiger partial charge on any atom is -0.466 e. The Balaban J connectivity index is 3.03. The van der Waals surface area contributed by atoms with Gasteiger partial charge in [0.25, 0.3) is 0 Å². The summed E-state index contributed by atoms with van der Waals surface area (Å²) in [5.41, 5.74) is 8.74. The minimum atomic E-state index is -1.35. The molecule has 18 heavy (non-hydrogen) atoms. The molecule has 0 heterocycles. The van der Waals surface area contributed by atoms with E-state index in [0.717, 1.165) is 0 Å². The van der Waals surface area contributed by atoms with Crippen LogP contribution in [0.1, 0.15) is 18.6 Å². The molecule has 1 rings (SSSR count). The molecule has 7 heteroatoms. The number of halogens is 1. The maximum Gasteiger partial charge on any atom is 0.317 e. The highest BCUT2D eigenvalue weighted by atomic mass is 35.5. The van der Waals surface area contributed by atoms with Gasteiger partial charge in [-0.05, 0) is 18.5 Å². The summed E-state index contributed by atoms with van der Waals surface area (Å²) in [4.78, 5) is 14.1. The first-order valence-corrected chi connectivity index (χ1v) is 5.63. The van der Waals surface area contributed by atoms with Crippen LogP contribution < -0.4 is 0 Å². The minimum absolute atomic E-state index is 0.130. The molecule has 96 valence electrons. The first kappa shape index (κ1) is 14.3. The number of nitrogens with zero attached hydrogens (tertiary/aromatic N) is 3. The molecule has 0 radical (unpaired) electrons. The molecule has 0 unspecified atom stereocenters. The zero-order valence-corrected chi connectivity index (χ0v) is 10.4. The van der Waals surface area contributed by atoms with Crippen LogP contribution >= 0.6 is 11.6 Å². The molecule has 0 aromatic heterocycles. The first-order chi connectivity index (χ1) is 8.61. The summed E-state index contributed by atoms with van der Waals surface area (Å²) in [6.07, 6.45) is -1.34. The average Bonchev–Trinajstić information content (AvgIpc) is 2.36. The van der Waals surface area contributed by atoms with Gasteiger partial charge in [0.05, 0.1) is 12.7 Å². The maximum atomic E-state index is 11.6. The van der Waals surface area contributed by atoms with Crippen molar-refractivity contribution < 1.29 is 14.6 Å². The monoisotopic (exact) mass is 269 g/mol. The Labute approximate surface area is 109 Å². The van der Waals surface area contributed by atoms with Gasteiger partial charge < -0.3 is 9.84 Å². The molecular weight excluding hydrogens is 258 g/mol. The molecule has 0 bridgehead atoms. The van der Waals surface area contributed by atoms with Gasteiger partial charge in [-0.3, -0.25) is 4.79 Å². The van der Waals surface area contributed by atoms with E-state index in [9.17, 15) is 9.90 Å². The Morgan fingerprint density at radius 1 is 1.61 bits per heavy atom. The van der Waals surface area contributed by atoms with Gasteiger partial charge in [0.15, 0.2) is 6.04 Å². The van der Waals surface area contributed by atoms with Crippen LogP contribution in [0.2, 0.25) is 5.02 Å². The average molecular weight is 270 g/mol. The molecule has 0 aliphatic heterocycles. The molecule has 2 atom stereocenters. The summed E-state index contributed by atoms with van der Waals surface area (Å²) in [5, 5.41) is 13.6. The molecule has 0 saturated heterocycles. The van der Waals surface area contributed by atoms with E-state index < -0.39 is 18.1 Å². The number of rotatable bonds is 5. The smallest absolute Gasteiger partial charge is 0.317 e. The van der Waals surface area contributed by atoms with E-state index in [-0.39, 0.29) is 11.6 Å². The van der Waals surface area contributed by atoms with Gasteiger partial charge in [-0.1, -0.05) is 34.9 Å². The molecule has 0 spiro atoms. The number of esters is 1. The topological polar surface area (TPSA) is 95.3 Å². The van der Waals surface area contributed by atoms with Crippen molar-refractivity contribution in [1.82, 2.24) is 0 Å². The fraction of sp³-hybridized carbons (Fsp3) is 0.364. The molecule has 1 aromatic rings.